The van der Waals surface area contributed by atoms with Crippen molar-refractivity contribution >= 4 is 58.4 Å². The Hall–Kier alpha value is -1.49. The fourth-order valence-electron chi connectivity index (χ4n) is 1.75. The lowest BCUT2D eigenvalue weighted by molar-refractivity contribution is 0.600. The second-order valence-corrected chi connectivity index (χ2v) is 10.5. The number of fused-ring (bicyclic) bond motifs is 1. The Morgan fingerprint density at radius 2 is 1.91 bits per heavy atom. The zero-order chi connectivity index (χ0) is 16.0. The molecule has 2 aromatic heterocycles. The maximum atomic E-state index is 12.2. The van der Waals surface area contributed by atoms with Crippen LogP contribution in [-0.4, -0.2) is 28.1 Å². The molecule has 0 saturated carbocycles. The van der Waals surface area contributed by atoms with Gasteiger partial charge in [-0.25, -0.2) is 21.8 Å². The molecule has 6 nitrogen and oxygen atoms in total. The minimum absolute atomic E-state index is 0.0146. The fraction of sp³-hybridized carbons (Fsp3) is 0.0833. The van der Waals surface area contributed by atoms with E-state index in [1.807, 2.05) is 0 Å². The van der Waals surface area contributed by atoms with Crippen molar-refractivity contribution in [2.45, 2.75) is 8.55 Å². The number of hydrogen-bond acceptors (Lipinski definition) is 7. The number of aromatic nitrogens is 1. The van der Waals surface area contributed by atoms with E-state index < -0.39 is 19.9 Å². The molecule has 0 aliphatic rings. The third kappa shape index (κ3) is 3.00. The summed E-state index contributed by atoms with van der Waals surface area (Å²) in [6.45, 7) is 0. The molecule has 0 saturated heterocycles. The van der Waals surface area contributed by atoms with Gasteiger partial charge >= 0.3 is 0 Å². The first-order valence-electron chi connectivity index (χ1n) is 5.93. The molecule has 0 amide bonds. The number of nitrogens with one attached hydrogen (secondary N) is 1. The molecule has 0 spiro atoms. The number of rotatable bonds is 4. The molecule has 22 heavy (non-hydrogen) atoms. The Bertz CT molecular complexity index is 1030. The van der Waals surface area contributed by atoms with Crippen LogP contribution in [0.1, 0.15) is 0 Å². The molecule has 2 heterocycles. The summed E-state index contributed by atoms with van der Waals surface area (Å²) in [7, 11) is -7.00. The van der Waals surface area contributed by atoms with Crippen molar-refractivity contribution in [3.63, 3.8) is 0 Å². The number of benzene rings is 1. The van der Waals surface area contributed by atoms with Crippen LogP contribution in [0.5, 0.6) is 0 Å². The van der Waals surface area contributed by atoms with E-state index in [0.29, 0.717) is 15.9 Å². The van der Waals surface area contributed by atoms with Gasteiger partial charge in [-0.05, 0) is 29.6 Å². The van der Waals surface area contributed by atoms with Gasteiger partial charge in [-0.3, -0.25) is 4.72 Å². The number of hydrogen-bond donors (Lipinski definition) is 1. The Morgan fingerprint density at radius 3 is 2.55 bits per heavy atom. The Balaban J connectivity index is 1.99. The maximum absolute atomic E-state index is 12.2. The molecule has 116 valence electrons. The first kappa shape index (κ1) is 15.4. The van der Waals surface area contributed by atoms with Gasteiger partial charge in [-0.2, -0.15) is 0 Å². The lowest BCUT2D eigenvalue weighted by Gasteiger charge is -2.05. The molecule has 1 N–H and O–H groups in total. The Morgan fingerprint density at radius 1 is 1.14 bits per heavy atom. The molecule has 3 aromatic rings. The molecule has 0 bridgehead atoms. The summed E-state index contributed by atoms with van der Waals surface area (Å²) in [4.78, 5) is 4.03. The highest BCUT2D eigenvalue weighted by Crippen LogP contribution is 2.29. The van der Waals surface area contributed by atoms with Crippen LogP contribution in [0.2, 0.25) is 0 Å². The van der Waals surface area contributed by atoms with Gasteiger partial charge in [0.1, 0.15) is 4.21 Å². The van der Waals surface area contributed by atoms with Crippen LogP contribution in [0.25, 0.3) is 10.2 Å². The average molecular weight is 374 g/mol. The summed E-state index contributed by atoms with van der Waals surface area (Å²) in [6, 6.07) is 7.89. The molecule has 0 aliphatic heterocycles. The van der Waals surface area contributed by atoms with Crippen LogP contribution in [0.15, 0.2) is 44.3 Å². The van der Waals surface area contributed by atoms with Gasteiger partial charge in [0, 0.05) is 6.26 Å². The quantitative estimate of drug-likeness (QED) is 0.757. The van der Waals surface area contributed by atoms with E-state index in [0.717, 1.165) is 28.9 Å². The summed E-state index contributed by atoms with van der Waals surface area (Å²) in [6.07, 6.45) is 1.09. The molecule has 3 rings (SSSR count). The minimum Gasteiger partial charge on any atom is -0.279 e. The van der Waals surface area contributed by atoms with Gasteiger partial charge < -0.3 is 0 Å². The molecule has 10 heteroatoms. The van der Waals surface area contributed by atoms with Crippen molar-refractivity contribution in [2.24, 2.45) is 0 Å². The Labute approximate surface area is 135 Å². The van der Waals surface area contributed by atoms with E-state index >= 15 is 0 Å². The predicted molar refractivity (Wildman–Crippen MR) is 87.9 cm³/mol. The summed E-state index contributed by atoms with van der Waals surface area (Å²) >= 11 is 2.13. The van der Waals surface area contributed by atoms with Gasteiger partial charge in [0.15, 0.2) is 0 Å². The largest absolute Gasteiger partial charge is 0.279 e. The topological polar surface area (TPSA) is 93.2 Å². The zero-order valence-electron chi connectivity index (χ0n) is 11.2. The first-order valence-corrected chi connectivity index (χ1v) is 11.0. The lowest BCUT2D eigenvalue weighted by atomic mass is 10.3. The van der Waals surface area contributed by atoms with E-state index in [4.69, 9.17) is 0 Å². The van der Waals surface area contributed by atoms with Crippen molar-refractivity contribution in [1.82, 2.24) is 4.98 Å². The van der Waals surface area contributed by atoms with E-state index in [2.05, 4.69) is 9.71 Å². The molecular weight excluding hydrogens is 364 g/mol. The predicted octanol–water partition coefficient (Wildman–Crippen LogP) is 2.56. The molecule has 0 aliphatic carbocycles. The highest BCUT2D eigenvalue weighted by atomic mass is 32.2. The van der Waals surface area contributed by atoms with Gasteiger partial charge in [-0.1, -0.05) is 6.07 Å². The highest BCUT2D eigenvalue weighted by Gasteiger charge is 2.17. The number of sulfone groups is 1. The minimum atomic E-state index is -3.63. The van der Waals surface area contributed by atoms with Crippen LogP contribution < -0.4 is 4.72 Å². The van der Waals surface area contributed by atoms with Crippen LogP contribution >= 0.6 is 22.7 Å². The molecular formula is C12H10N2O4S4. The van der Waals surface area contributed by atoms with Crippen LogP contribution in [0, 0.1) is 0 Å². The fourth-order valence-corrected chi connectivity index (χ4v) is 5.67. The molecule has 0 unspecified atom stereocenters. The van der Waals surface area contributed by atoms with Crippen molar-refractivity contribution in [3.8, 4) is 0 Å². The summed E-state index contributed by atoms with van der Waals surface area (Å²) in [5.41, 5.74) is 0.883. The van der Waals surface area contributed by atoms with Crippen molar-refractivity contribution in [2.75, 3.05) is 11.0 Å². The monoisotopic (exact) mass is 374 g/mol. The normalized spacial score (nSPS) is 12.6. The van der Waals surface area contributed by atoms with Gasteiger partial charge in [0.25, 0.3) is 10.0 Å². The van der Waals surface area contributed by atoms with Crippen molar-refractivity contribution < 1.29 is 16.8 Å². The second-order valence-electron chi connectivity index (χ2n) is 4.47. The van der Waals surface area contributed by atoms with Crippen molar-refractivity contribution in [1.29, 1.82) is 0 Å². The summed E-state index contributed by atoms with van der Waals surface area (Å²) < 4.78 is 50.6. The Kier molecular flexibility index (Phi) is 3.71. The summed E-state index contributed by atoms with van der Waals surface area (Å²) in [5, 5.41) is 1.68. The number of nitrogens with zero attached hydrogens (tertiary/aromatic N) is 1. The number of sulfonamides is 1. The molecule has 0 fully saturated rings. The lowest BCUT2D eigenvalue weighted by Crippen LogP contribution is -2.11. The third-order valence-corrected chi connectivity index (χ3v) is 8.17. The van der Waals surface area contributed by atoms with E-state index in [1.165, 1.54) is 6.07 Å². The smallest absolute Gasteiger partial charge is 0.271 e. The van der Waals surface area contributed by atoms with Gasteiger partial charge in [0.05, 0.1) is 15.9 Å². The standard InChI is InChI=1S/C12H10N2O4S4/c1-21(15,16)12-13-9-5-4-8(7-10(9)20-12)14-22(17,18)11-3-2-6-19-11/h2-7,14H,1H3. The zero-order valence-corrected chi connectivity index (χ0v) is 14.4. The second kappa shape index (κ2) is 5.30. The van der Waals surface area contributed by atoms with Crippen molar-refractivity contribution in [3.05, 3.63) is 35.7 Å². The molecule has 0 radical (unpaired) electrons. The van der Waals surface area contributed by atoms with E-state index in [-0.39, 0.29) is 8.55 Å². The number of thiazole rings is 1. The molecule has 0 atom stereocenters. The van der Waals surface area contributed by atoms with Crippen LogP contribution in [0.4, 0.5) is 5.69 Å². The number of anilines is 1. The van der Waals surface area contributed by atoms with E-state index in [9.17, 15) is 16.8 Å². The average Bonchev–Trinajstić information content (AvgIpc) is 3.06. The number of thiophene rings is 1. The van der Waals surface area contributed by atoms with Crippen LogP contribution in [0.3, 0.4) is 0 Å². The van der Waals surface area contributed by atoms with E-state index in [1.54, 1.807) is 29.6 Å². The highest BCUT2D eigenvalue weighted by molar-refractivity contribution is 7.94. The summed E-state index contributed by atoms with van der Waals surface area (Å²) in [5.74, 6) is 0. The SMILES string of the molecule is CS(=O)(=O)c1nc2ccc(NS(=O)(=O)c3cccs3)cc2s1. The van der Waals surface area contributed by atoms with Gasteiger partial charge in [0.2, 0.25) is 14.2 Å². The maximum Gasteiger partial charge on any atom is 0.271 e. The van der Waals surface area contributed by atoms with Gasteiger partial charge in [-0.15, -0.1) is 22.7 Å². The third-order valence-electron chi connectivity index (χ3n) is 2.70. The molecule has 1 aromatic carbocycles. The van der Waals surface area contributed by atoms with Crippen LogP contribution in [-0.2, 0) is 19.9 Å². The first-order chi connectivity index (χ1) is 10.3.